The number of benzene rings is 1. The van der Waals surface area contributed by atoms with Crippen LogP contribution in [0.3, 0.4) is 0 Å². The van der Waals surface area contributed by atoms with Crippen molar-refractivity contribution in [3.63, 3.8) is 0 Å². The Balaban J connectivity index is 2.08. The highest BCUT2D eigenvalue weighted by Gasteiger charge is 2.26. The molecule has 1 aliphatic rings. The van der Waals surface area contributed by atoms with Crippen molar-refractivity contribution in [2.24, 2.45) is 5.41 Å². The van der Waals surface area contributed by atoms with Gasteiger partial charge in [-0.2, -0.15) is 0 Å². The van der Waals surface area contributed by atoms with E-state index in [-0.39, 0.29) is 11.5 Å². The Kier molecular flexibility index (Phi) is 3.86. The van der Waals surface area contributed by atoms with Crippen LogP contribution >= 0.6 is 0 Å². The average Bonchev–Trinajstić information content (AvgIpc) is 2.34. The van der Waals surface area contributed by atoms with E-state index in [1.165, 1.54) is 11.1 Å². The summed E-state index contributed by atoms with van der Waals surface area (Å²) in [6.45, 7) is 7.45. The van der Waals surface area contributed by atoms with Crippen LogP contribution in [0.5, 0.6) is 0 Å². The van der Waals surface area contributed by atoms with E-state index in [1.54, 1.807) is 0 Å². The molecule has 18 heavy (non-hydrogen) atoms. The second kappa shape index (κ2) is 5.23. The molecule has 0 bridgehead atoms. The van der Waals surface area contributed by atoms with E-state index in [2.05, 4.69) is 44.3 Å². The standard InChI is InChI=1S/C16H23NO/c1-16(2,3)10-8-14(18)15-13-7-5-4-6-12(13)9-11-17-15/h4-7,15,17H,8-11H2,1-3H3. The minimum absolute atomic E-state index is 0.0858. The molecule has 0 fully saturated rings. The molecule has 0 radical (unpaired) electrons. The van der Waals surface area contributed by atoms with Gasteiger partial charge in [-0.15, -0.1) is 0 Å². The van der Waals surface area contributed by atoms with Crippen LogP contribution in [0.2, 0.25) is 0 Å². The Bertz CT molecular complexity index is 431. The number of rotatable bonds is 3. The molecule has 2 nitrogen and oxygen atoms in total. The number of hydrogen-bond donors (Lipinski definition) is 1. The van der Waals surface area contributed by atoms with E-state index >= 15 is 0 Å². The molecule has 1 N–H and O–H groups in total. The third kappa shape index (κ3) is 3.20. The Morgan fingerprint density at radius 2 is 2.06 bits per heavy atom. The zero-order valence-corrected chi connectivity index (χ0v) is 11.6. The molecule has 0 aliphatic carbocycles. The van der Waals surface area contributed by atoms with E-state index in [0.717, 1.165) is 19.4 Å². The lowest BCUT2D eigenvalue weighted by atomic mass is 9.85. The molecular weight excluding hydrogens is 222 g/mol. The summed E-state index contributed by atoms with van der Waals surface area (Å²) in [5.74, 6) is 0.331. The van der Waals surface area contributed by atoms with E-state index in [1.807, 2.05) is 6.07 Å². The van der Waals surface area contributed by atoms with Crippen LogP contribution in [-0.2, 0) is 11.2 Å². The summed E-state index contributed by atoms with van der Waals surface area (Å²) >= 11 is 0. The topological polar surface area (TPSA) is 29.1 Å². The molecule has 1 aliphatic heterocycles. The number of carbonyl (C=O) groups excluding carboxylic acids is 1. The molecule has 1 atom stereocenters. The van der Waals surface area contributed by atoms with Gasteiger partial charge in [-0.3, -0.25) is 4.79 Å². The van der Waals surface area contributed by atoms with Crippen molar-refractivity contribution >= 4 is 5.78 Å². The fourth-order valence-electron chi connectivity index (χ4n) is 2.43. The van der Waals surface area contributed by atoms with Crippen LogP contribution in [0, 0.1) is 5.41 Å². The van der Waals surface area contributed by atoms with E-state index < -0.39 is 0 Å². The van der Waals surface area contributed by atoms with Crippen LogP contribution < -0.4 is 5.32 Å². The van der Waals surface area contributed by atoms with Crippen molar-refractivity contribution in [2.75, 3.05) is 6.54 Å². The fourth-order valence-corrected chi connectivity index (χ4v) is 2.43. The molecule has 1 unspecified atom stereocenters. The molecule has 2 heteroatoms. The summed E-state index contributed by atoms with van der Waals surface area (Å²) < 4.78 is 0. The van der Waals surface area contributed by atoms with Crippen molar-refractivity contribution in [1.82, 2.24) is 5.32 Å². The summed E-state index contributed by atoms with van der Waals surface area (Å²) in [6.07, 6.45) is 2.64. The van der Waals surface area contributed by atoms with Crippen molar-refractivity contribution in [1.29, 1.82) is 0 Å². The first-order valence-corrected chi connectivity index (χ1v) is 6.81. The zero-order valence-electron chi connectivity index (χ0n) is 11.6. The number of carbonyl (C=O) groups is 1. The molecule has 0 saturated heterocycles. The minimum Gasteiger partial charge on any atom is -0.303 e. The van der Waals surface area contributed by atoms with Gasteiger partial charge in [0.1, 0.15) is 0 Å². The van der Waals surface area contributed by atoms with E-state index in [4.69, 9.17) is 0 Å². The van der Waals surface area contributed by atoms with Gasteiger partial charge in [0.05, 0.1) is 6.04 Å². The van der Waals surface area contributed by atoms with Gasteiger partial charge in [-0.1, -0.05) is 45.0 Å². The predicted molar refractivity (Wildman–Crippen MR) is 74.6 cm³/mol. The van der Waals surface area contributed by atoms with E-state index in [0.29, 0.717) is 12.2 Å². The van der Waals surface area contributed by atoms with Gasteiger partial charge >= 0.3 is 0 Å². The minimum atomic E-state index is -0.0858. The van der Waals surface area contributed by atoms with Crippen molar-refractivity contribution in [3.05, 3.63) is 35.4 Å². The first-order valence-electron chi connectivity index (χ1n) is 6.81. The van der Waals surface area contributed by atoms with Gasteiger partial charge < -0.3 is 5.32 Å². The van der Waals surface area contributed by atoms with Gasteiger partial charge in [0.25, 0.3) is 0 Å². The third-order valence-corrected chi connectivity index (χ3v) is 3.55. The predicted octanol–water partition coefficient (Wildman–Crippen LogP) is 3.27. The van der Waals surface area contributed by atoms with Crippen LogP contribution in [-0.4, -0.2) is 12.3 Å². The number of ketones is 1. The quantitative estimate of drug-likeness (QED) is 0.885. The van der Waals surface area contributed by atoms with Crippen LogP contribution in [0.4, 0.5) is 0 Å². The van der Waals surface area contributed by atoms with Gasteiger partial charge in [0.15, 0.2) is 5.78 Å². The SMILES string of the molecule is CC(C)(C)CCC(=O)C1NCCc2ccccc21. The Hall–Kier alpha value is -1.15. The number of nitrogens with one attached hydrogen (secondary N) is 1. The number of Topliss-reactive ketones (excluding diaryl/α,β-unsaturated/α-hetero) is 1. The average molecular weight is 245 g/mol. The van der Waals surface area contributed by atoms with Gasteiger partial charge in [-0.25, -0.2) is 0 Å². The molecule has 0 saturated carbocycles. The maximum absolute atomic E-state index is 12.3. The van der Waals surface area contributed by atoms with Gasteiger partial charge in [0, 0.05) is 13.0 Å². The van der Waals surface area contributed by atoms with Gasteiger partial charge in [-0.05, 0) is 29.4 Å². The smallest absolute Gasteiger partial charge is 0.154 e. The van der Waals surface area contributed by atoms with Crippen molar-refractivity contribution < 1.29 is 4.79 Å². The highest BCUT2D eigenvalue weighted by atomic mass is 16.1. The Morgan fingerprint density at radius 3 is 2.78 bits per heavy atom. The van der Waals surface area contributed by atoms with Crippen LogP contribution in [0.15, 0.2) is 24.3 Å². The zero-order chi connectivity index (χ0) is 13.2. The monoisotopic (exact) mass is 245 g/mol. The van der Waals surface area contributed by atoms with E-state index in [9.17, 15) is 4.79 Å². The lowest BCUT2D eigenvalue weighted by molar-refractivity contribution is -0.121. The molecule has 1 aromatic carbocycles. The normalized spacial score (nSPS) is 19.4. The molecule has 98 valence electrons. The maximum atomic E-state index is 12.3. The number of hydrogen-bond acceptors (Lipinski definition) is 2. The lowest BCUT2D eigenvalue weighted by Gasteiger charge is -2.27. The summed E-state index contributed by atoms with van der Waals surface area (Å²) in [5, 5.41) is 3.36. The first kappa shape index (κ1) is 13.3. The molecular formula is C16H23NO. The second-order valence-electron chi connectivity index (χ2n) is 6.36. The molecule has 0 aromatic heterocycles. The summed E-state index contributed by atoms with van der Waals surface area (Å²) in [4.78, 5) is 12.3. The molecule has 1 heterocycles. The summed E-state index contributed by atoms with van der Waals surface area (Å²) in [5.41, 5.74) is 2.73. The molecule has 1 aromatic rings. The second-order valence-corrected chi connectivity index (χ2v) is 6.36. The van der Waals surface area contributed by atoms with Crippen LogP contribution in [0.1, 0.15) is 50.8 Å². The maximum Gasteiger partial charge on any atom is 0.154 e. The fraction of sp³-hybridized carbons (Fsp3) is 0.562. The van der Waals surface area contributed by atoms with Crippen molar-refractivity contribution in [2.45, 2.75) is 46.1 Å². The molecule has 2 rings (SSSR count). The highest BCUT2D eigenvalue weighted by molar-refractivity contribution is 5.86. The van der Waals surface area contributed by atoms with Crippen molar-refractivity contribution in [3.8, 4) is 0 Å². The van der Waals surface area contributed by atoms with Gasteiger partial charge in [0.2, 0.25) is 0 Å². The lowest BCUT2D eigenvalue weighted by Crippen LogP contribution is -2.35. The molecule has 0 amide bonds. The number of fused-ring (bicyclic) bond motifs is 1. The Labute approximate surface area is 110 Å². The summed E-state index contributed by atoms with van der Waals surface area (Å²) in [6, 6.07) is 8.22. The largest absolute Gasteiger partial charge is 0.303 e. The summed E-state index contributed by atoms with van der Waals surface area (Å²) in [7, 11) is 0. The highest BCUT2D eigenvalue weighted by Crippen LogP contribution is 2.27. The third-order valence-electron chi connectivity index (χ3n) is 3.55. The Morgan fingerprint density at radius 1 is 1.33 bits per heavy atom. The first-order chi connectivity index (χ1) is 8.47. The molecule has 0 spiro atoms. The van der Waals surface area contributed by atoms with Crippen LogP contribution in [0.25, 0.3) is 0 Å².